The van der Waals surface area contributed by atoms with Gasteiger partial charge in [0.15, 0.2) is 0 Å². The number of halogens is 1. The third kappa shape index (κ3) is 3.37. The molecule has 1 saturated carbocycles. The zero-order valence-electron chi connectivity index (χ0n) is 11.9. The Bertz CT molecular complexity index is 469. The van der Waals surface area contributed by atoms with Crippen LogP contribution in [0.15, 0.2) is 24.3 Å². The van der Waals surface area contributed by atoms with Crippen LogP contribution in [0.1, 0.15) is 37.7 Å². The van der Waals surface area contributed by atoms with Gasteiger partial charge in [-0.2, -0.15) is 0 Å². The zero-order valence-corrected chi connectivity index (χ0v) is 11.9. The molecule has 20 heavy (non-hydrogen) atoms. The van der Waals surface area contributed by atoms with Crippen molar-refractivity contribution in [2.24, 2.45) is 5.41 Å². The highest BCUT2D eigenvalue weighted by atomic mass is 19.1. The molecule has 1 aliphatic rings. The van der Waals surface area contributed by atoms with Crippen LogP contribution in [0.3, 0.4) is 0 Å². The number of aliphatic carboxylic acids is 1. The highest BCUT2D eigenvalue weighted by Crippen LogP contribution is 2.37. The van der Waals surface area contributed by atoms with E-state index in [2.05, 4.69) is 0 Å². The first-order valence-corrected chi connectivity index (χ1v) is 7.19. The Morgan fingerprint density at radius 3 is 2.55 bits per heavy atom. The lowest BCUT2D eigenvalue weighted by molar-refractivity contribution is -0.152. The first-order valence-electron chi connectivity index (χ1n) is 7.19. The molecule has 0 aliphatic heterocycles. The van der Waals surface area contributed by atoms with Crippen LogP contribution in [0.2, 0.25) is 0 Å². The number of rotatable bonds is 5. The highest BCUT2D eigenvalue weighted by molar-refractivity contribution is 5.75. The second-order valence-electron chi connectivity index (χ2n) is 5.91. The van der Waals surface area contributed by atoms with E-state index >= 15 is 0 Å². The number of hydrogen-bond acceptors (Lipinski definition) is 2. The fourth-order valence-corrected chi connectivity index (χ4v) is 3.16. The summed E-state index contributed by atoms with van der Waals surface area (Å²) in [7, 11) is 1.87. The summed E-state index contributed by atoms with van der Waals surface area (Å²) in [5, 5.41) is 9.56. The molecule has 1 fully saturated rings. The van der Waals surface area contributed by atoms with Crippen LogP contribution >= 0.6 is 0 Å². The first-order chi connectivity index (χ1) is 9.53. The average molecular weight is 279 g/mol. The van der Waals surface area contributed by atoms with E-state index in [0.717, 1.165) is 32.1 Å². The molecule has 0 amide bonds. The molecule has 0 radical (unpaired) electrons. The summed E-state index contributed by atoms with van der Waals surface area (Å²) < 4.78 is 13.6. The van der Waals surface area contributed by atoms with Crippen LogP contribution in [0, 0.1) is 11.2 Å². The quantitative estimate of drug-likeness (QED) is 0.899. The second-order valence-corrected chi connectivity index (χ2v) is 5.91. The standard InChI is InChI=1S/C16H22FNO2/c1-18(11-13-7-3-4-8-14(13)17)12-16(15(19)20)9-5-2-6-10-16/h3-4,7-8H,2,5-6,9-12H2,1H3,(H,19,20). The molecule has 3 nitrogen and oxygen atoms in total. The Hall–Kier alpha value is -1.42. The predicted molar refractivity (Wildman–Crippen MR) is 75.9 cm³/mol. The predicted octanol–water partition coefficient (Wildman–Crippen LogP) is 3.29. The van der Waals surface area contributed by atoms with E-state index in [4.69, 9.17) is 0 Å². The van der Waals surface area contributed by atoms with E-state index in [1.807, 2.05) is 11.9 Å². The summed E-state index contributed by atoms with van der Waals surface area (Å²) in [6.45, 7) is 0.929. The highest BCUT2D eigenvalue weighted by Gasteiger charge is 2.40. The largest absolute Gasteiger partial charge is 0.481 e. The van der Waals surface area contributed by atoms with Crippen molar-refractivity contribution in [2.75, 3.05) is 13.6 Å². The summed E-state index contributed by atoms with van der Waals surface area (Å²) in [6.07, 6.45) is 4.51. The van der Waals surface area contributed by atoms with Gasteiger partial charge in [-0.25, -0.2) is 4.39 Å². The maximum Gasteiger partial charge on any atom is 0.310 e. The molecule has 110 valence electrons. The number of hydrogen-bond donors (Lipinski definition) is 1. The van der Waals surface area contributed by atoms with Crippen molar-refractivity contribution < 1.29 is 14.3 Å². The van der Waals surface area contributed by atoms with Crippen LogP contribution in [0.25, 0.3) is 0 Å². The van der Waals surface area contributed by atoms with Crippen molar-refractivity contribution >= 4 is 5.97 Å². The summed E-state index contributed by atoms with van der Waals surface area (Å²) in [6, 6.07) is 6.66. The number of carbonyl (C=O) groups is 1. The lowest BCUT2D eigenvalue weighted by atomic mass is 9.73. The molecule has 1 N–H and O–H groups in total. The van der Waals surface area contributed by atoms with Gasteiger partial charge >= 0.3 is 5.97 Å². The van der Waals surface area contributed by atoms with Crippen molar-refractivity contribution in [3.8, 4) is 0 Å². The van der Waals surface area contributed by atoms with Gasteiger partial charge in [-0.05, 0) is 26.0 Å². The van der Waals surface area contributed by atoms with Crippen molar-refractivity contribution in [2.45, 2.75) is 38.6 Å². The number of nitrogens with zero attached hydrogens (tertiary/aromatic N) is 1. The molecule has 0 spiro atoms. The van der Waals surface area contributed by atoms with E-state index in [0.29, 0.717) is 18.7 Å². The van der Waals surface area contributed by atoms with Gasteiger partial charge in [0.1, 0.15) is 5.82 Å². The van der Waals surface area contributed by atoms with Gasteiger partial charge in [0.25, 0.3) is 0 Å². The second kappa shape index (κ2) is 6.35. The first kappa shape index (κ1) is 15.0. The monoisotopic (exact) mass is 279 g/mol. The van der Waals surface area contributed by atoms with Crippen LogP contribution in [-0.2, 0) is 11.3 Å². The van der Waals surface area contributed by atoms with Crippen molar-refractivity contribution in [1.82, 2.24) is 4.90 Å². The normalized spacial score (nSPS) is 18.1. The topological polar surface area (TPSA) is 40.5 Å². The molecule has 0 atom stereocenters. The zero-order chi connectivity index (χ0) is 14.6. The molecule has 0 bridgehead atoms. The fourth-order valence-electron chi connectivity index (χ4n) is 3.16. The third-order valence-corrected chi connectivity index (χ3v) is 4.24. The van der Waals surface area contributed by atoms with Gasteiger partial charge in [0.05, 0.1) is 5.41 Å². The SMILES string of the molecule is CN(Cc1ccccc1F)CC1(C(=O)O)CCCCC1. The molecule has 1 aliphatic carbocycles. The van der Waals surface area contributed by atoms with E-state index < -0.39 is 11.4 Å². The minimum atomic E-state index is -0.711. The molecule has 0 aromatic heterocycles. The minimum Gasteiger partial charge on any atom is -0.481 e. The Balaban J connectivity index is 2.04. The molecule has 0 saturated heterocycles. The minimum absolute atomic E-state index is 0.229. The van der Waals surface area contributed by atoms with Gasteiger partial charge < -0.3 is 10.0 Å². The van der Waals surface area contributed by atoms with Gasteiger partial charge in [0.2, 0.25) is 0 Å². The summed E-state index contributed by atoms with van der Waals surface area (Å²) in [5.41, 5.74) is -0.0375. The number of carboxylic acids is 1. The van der Waals surface area contributed by atoms with Gasteiger partial charge in [-0.1, -0.05) is 37.5 Å². The lowest BCUT2D eigenvalue weighted by Crippen LogP contribution is -2.43. The summed E-state index contributed by atoms with van der Waals surface area (Å²) in [4.78, 5) is 13.6. The van der Waals surface area contributed by atoms with Crippen LogP contribution in [0.4, 0.5) is 4.39 Å². The van der Waals surface area contributed by atoms with Crippen molar-refractivity contribution in [3.05, 3.63) is 35.6 Å². The Labute approximate surface area is 119 Å². The van der Waals surface area contributed by atoms with Gasteiger partial charge in [-0.15, -0.1) is 0 Å². The lowest BCUT2D eigenvalue weighted by Gasteiger charge is -2.36. The fraction of sp³-hybridized carbons (Fsp3) is 0.562. The van der Waals surface area contributed by atoms with Crippen LogP contribution in [0.5, 0.6) is 0 Å². The molecule has 0 unspecified atom stereocenters. The molecular weight excluding hydrogens is 257 g/mol. The van der Waals surface area contributed by atoms with E-state index in [1.165, 1.54) is 6.07 Å². The van der Waals surface area contributed by atoms with Crippen LogP contribution < -0.4 is 0 Å². The Morgan fingerprint density at radius 2 is 1.95 bits per heavy atom. The summed E-state index contributed by atoms with van der Waals surface area (Å²) >= 11 is 0. The van der Waals surface area contributed by atoms with E-state index in [9.17, 15) is 14.3 Å². The van der Waals surface area contributed by atoms with E-state index in [-0.39, 0.29) is 5.82 Å². The van der Waals surface area contributed by atoms with Gasteiger partial charge in [0, 0.05) is 18.7 Å². The average Bonchev–Trinajstić information content (AvgIpc) is 2.42. The third-order valence-electron chi connectivity index (χ3n) is 4.24. The molecule has 2 rings (SSSR count). The molecule has 0 heterocycles. The molecule has 4 heteroatoms. The maximum atomic E-state index is 13.6. The molecular formula is C16H22FNO2. The number of benzene rings is 1. The van der Waals surface area contributed by atoms with Crippen LogP contribution in [-0.4, -0.2) is 29.6 Å². The maximum absolute atomic E-state index is 13.6. The Morgan fingerprint density at radius 1 is 1.30 bits per heavy atom. The van der Waals surface area contributed by atoms with Gasteiger partial charge in [-0.3, -0.25) is 4.79 Å². The Kier molecular flexibility index (Phi) is 4.76. The number of carboxylic acid groups (broad SMARTS) is 1. The molecule has 1 aromatic rings. The molecule has 1 aromatic carbocycles. The van der Waals surface area contributed by atoms with Crippen molar-refractivity contribution in [3.63, 3.8) is 0 Å². The summed E-state index contributed by atoms with van der Waals surface area (Å²) in [5.74, 6) is -0.940. The van der Waals surface area contributed by atoms with E-state index in [1.54, 1.807) is 18.2 Å². The smallest absolute Gasteiger partial charge is 0.310 e. The van der Waals surface area contributed by atoms with Crippen molar-refractivity contribution in [1.29, 1.82) is 0 Å².